The maximum absolute atomic E-state index is 13.5. The van der Waals surface area contributed by atoms with E-state index in [1.807, 2.05) is 6.92 Å². The summed E-state index contributed by atoms with van der Waals surface area (Å²) in [5, 5.41) is 3.75. The number of rotatable bonds is 5. The minimum Gasteiger partial charge on any atom is -0.435 e. The van der Waals surface area contributed by atoms with Crippen molar-refractivity contribution in [3.05, 3.63) is 60.2 Å². The molecule has 2 aromatic carbocycles. The Hall–Kier alpha value is -2.83. The highest BCUT2D eigenvalue weighted by atomic mass is 19.3. The topological polar surface area (TPSA) is 47.0 Å². The maximum atomic E-state index is 13.5. The summed E-state index contributed by atoms with van der Waals surface area (Å²) in [6, 6.07) is 10.4. The Morgan fingerprint density at radius 3 is 2.50 bits per heavy atom. The standard InChI is InChI=1S/C17H14F3N3O/c1-10(11-2-5-13(6-3-11)24-17(19)20)23-16-14-8-12(18)4-7-15(14)21-9-22-16/h2-10,17H,1H3,(H,21,22,23). The Kier molecular flexibility index (Phi) is 4.50. The van der Waals surface area contributed by atoms with Crippen molar-refractivity contribution in [2.24, 2.45) is 0 Å². The van der Waals surface area contributed by atoms with Crippen LogP contribution in [0, 0.1) is 5.82 Å². The van der Waals surface area contributed by atoms with E-state index >= 15 is 0 Å². The van der Waals surface area contributed by atoms with Gasteiger partial charge in [0.15, 0.2) is 0 Å². The highest BCUT2D eigenvalue weighted by molar-refractivity contribution is 5.88. The second-order valence-electron chi connectivity index (χ2n) is 5.20. The van der Waals surface area contributed by atoms with Gasteiger partial charge in [-0.3, -0.25) is 0 Å². The number of anilines is 1. The van der Waals surface area contributed by atoms with E-state index in [4.69, 9.17) is 0 Å². The molecule has 0 amide bonds. The molecule has 0 fully saturated rings. The van der Waals surface area contributed by atoms with E-state index in [2.05, 4.69) is 20.0 Å². The first-order valence-corrected chi connectivity index (χ1v) is 7.24. The number of aromatic nitrogens is 2. The minimum atomic E-state index is -2.85. The highest BCUT2D eigenvalue weighted by Crippen LogP contribution is 2.26. The van der Waals surface area contributed by atoms with Gasteiger partial charge in [0.05, 0.1) is 5.52 Å². The summed E-state index contributed by atoms with van der Waals surface area (Å²) in [4.78, 5) is 8.25. The number of hydrogen-bond donors (Lipinski definition) is 1. The third kappa shape index (κ3) is 3.56. The second-order valence-corrected chi connectivity index (χ2v) is 5.20. The molecule has 0 aliphatic heterocycles. The zero-order valence-electron chi connectivity index (χ0n) is 12.7. The summed E-state index contributed by atoms with van der Waals surface area (Å²) in [6.45, 7) is -0.968. The molecule has 124 valence electrons. The second kappa shape index (κ2) is 6.74. The van der Waals surface area contributed by atoms with Crippen molar-refractivity contribution in [1.82, 2.24) is 9.97 Å². The predicted molar refractivity (Wildman–Crippen MR) is 84.6 cm³/mol. The monoisotopic (exact) mass is 333 g/mol. The van der Waals surface area contributed by atoms with Crippen LogP contribution in [0.3, 0.4) is 0 Å². The van der Waals surface area contributed by atoms with Crippen molar-refractivity contribution in [2.45, 2.75) is 19.6 Å². The Labute approximate surface area is 136 Å². The Morgan fingerprint density at radius 1 is 1.04 bits per heavy atom. The third-order valence-corrected chi connectivity index (χ3v) is 3.56. The van der Waals surface area contributed by atoms with E-state index in [9.17, 15) is 13.2 Å². The molecule has 3 aromatic rings. The third-order valence-electron chi connectivity index (χ3n) is 3.56. The molecular weight excluding hydrogens is 319 g/mol. The zero-order chi connectivity index (χ0) is 17.1. The number of hydrogen-bond acceptors (Lipinski definition) is 4. The van der Waals surface area contributed by atoms with Gasteiger partial charge in [-0.15, -0.1) is 0 Å². The molecule has 3 rings (SSSR count). The van der Waals surface area contributed by atoms with Gasteiger partial charge in [-0.1, -0.05) is 12.1 Å². The first-order chi connectivity index (χ1) is 11.5. The molecule has 0 saturated heterocycles. The van der Waals surface area contributed by atoms with E-state index < -0.39 is 6.61 Å². The van der Waals surface area contributed by atoms with Gasteiger partial charge >= 0.3 is 6.61 Å². The molecule has 1 atom stereocenters. The van der Waals surface area contributed by atoms with Crippen LogP contribution >= 0.6 is 0 Å². The van der Waals surface area contributed by atoms with Gasteiger partial charge in [0.1, 0.15) is 23.7 Å². The number of fused-ring (bicyclic) bond motifs is 1. The van der Waals surface area contributed by atoms with Crippen molar-refractivity contribution in [3.8, 4) is 5.75 Å². The van der Waals surface area contributed by atoms with Crippen LogP contribution in [0.4, 0.5) is 19.0 Å². The van der Waals surface area contributed by atoms with E-state index in [0.717, 1.165) is 5.56 Å². The molecule has 1 aromatic heterocycles. The lowest BCUT2D eigenvalue weighted by Crippen LogP contribution is -2.09. The van der Waals surface area contributed by atoms with Gasteiger partial charge in [0.2, 0.25) is 0 Å². The quantitative estimate of drug-likeness (QED) is 0.744. The van der Waals surface area contributed by atoms with Gasteiger partial charge in [0.25, 0.3) is 0 Å². The molecule has 0 radical (unpaired) electrons. The van der Waals surface area contributed by atoms with Crippen molar-refractivity contribution in [3.63, 3.8) is 0 Å². The summed E-state index contributed by atoms with van der Waals surface area (Å²) in [6.07, 6.45) is 1.40. The molecule has 0 spiro atoms. The molecule has 7 heteroatoms. The number of halogens is 3. The average molecular weight is 333 g/mol. The van der Waals surface area contributed by atoms with Crippen LogP contribution in [0.15, 0.2) is 48.8 Å². The largest absolute Gasteiger partial charge is 0.435 e. The molecule has 0 aliphatic rings. The van der Waals surface area contributed by atoms with Gasteiger partial charge in [-0.25, -0.2) is 14.4 Å². The fourth-order valence-corrected chi connectivity index (χ4v) is 2.37. The molecular formula is C17H14F3N3O. The number of benzene rings is 2. The number of nitrogens with one attached hydrogen (secondary N) is 1. The molecule has 1 N–H and O–H groups in total. The lowest BCUT2D eigenvalue weighted by Gasteiger charge is -2.16. The molecule has 0 bridgehead atoms. The summed E-state index contributed by atoms with van der Waals surface area (Å²) in [5.41, 5.74) is 1.47. The zero-order valence-corrected chi connectivity index (χ0v) is 12.7. The molecule has 24 heavy (non-hydrogen) atoms. The van der Waals surface area contributed by atoms with Crippen LogP contribution in [0.2, 0.25) is 0 Å². The Morgan fingerprint density at radius 2 is 1.79 bits per heavy atom. The fraction of sp³-hybridized carbons (Fsp3) is 0.176. The van der Waals surface area contributed by atoms with E-state index in [-0.39, 0.29) is 17.6 Å². The van der Waals surface area contributed by atoms with Gasteiger partial charge in [0, 0.05) is 11.4 Å². The first kappa shape index (κ1) is 16.0. The van der Waals surface area contributed by atoms with Crippen LogP contribution in [0.5, 0.6) is 5.75 Å². The minimum absolute atomic E-state index is 0.0931. The Bertz CT molecular complexity index is 840. The van der Waals surface area contributed by atoms with Crippen LogP contribution < -0.4 is 10.1 Å². The summed E-state index contributed by atoms with van der Waals surface area (Å²) in [7, 11) is 0. The molecule has 4 nitrogen and oxygen atoms in total. The molecule has 0 aliphatic carbocycles. The van der Waals surface area contributed by atoms with Crippen LogP contribution in [-0.4, -0.2) is 16.6 Å². The van der Waals surface area contributed by atoms with E-state index in [0.29, 0.717) is 16.7 Å². The van der Waals surface area contributed by atoms with E-state index in [1.54, 1.807) is 18.2 Å². The van der Waals surface area contributed by atoms with Crippen molar-refractivity contribution in [2.75, 3.05) is 5.32 Å². The number of ether oxygens (including phenoxy) is 1. The van der Waals surface area contributed by atoms with Crippen molar-refractivity contribution >= 4 is 16.7 Å². The van der Waals surface area contributed by atoms with Gasteiger partial charge in [-0.2, -0.15) is 8.78 Å². The summed E-state index contributed by atoms with van der Waals surface area (Å²) >= 11 is 0. The van der Waals surface area contributed by atoms with Crippen LogP contribution in [0.25, 0.3) is 10.9 Å². The molecule has 1 unspecified atom stereocenters. The summed E-state index contributed by atoms with van der Waals surface area (Å²) in [5.74, 6) is 0.219. The fourth-order valence-electron chi connectivity index (χ4n) is 2.37. The Balaban J connectivity index is 1.82. The smallest absolute Gasteiger partial charge is 0.387 e. The van der Waals surface area contributed by atoms with Crippen LogP contribution in [0.1, 0.15) is 18.5 Å². The van der Waals surface area contributed by atoms with Gasteiger partial charge < -0.3 is 10.1 Å². The van der Waals surface area contributed by atoms with E-state index in [1.165, 1.54) is 30.6 Å². The molecule has 0 saturated carbocycles. The van der Waals surface area contributed by atoms with Crippen molar-refractivity contribution < 1.29 is 17.9 Å². The maximum Gasteiger partial charge on any atom is 0.387 e. The number of alkyl halides is 2. The SMILES string of the molecule is CC(Nc1ncnc2ccc(F)cc12)c1ccc(OC(F)F)cc1. The lowest BCUT2D eigenvalue weighted by atomic mass is 10.1. The van der Waals surface area contributed by atoms with Crippen LogP contribution in [-0.2, 0) is 0 Å². The van der Waals surface area contributed by atoms with Crippen molar-refractivity contribution in [1.29, 1.82) is 0 Å². The number of nitrogens with zero attached hydrogens (tertiary/aromatic N) is 2. The average Bonchev–Trinajstić information content (AvgIpc) is 2.55. The predicted octanol–water partition coefficient (Wildman–Crippen LogP) is 4.54. The molecule has 1 heterocycles. The first-order valence-electron chi connectivity index (χ1n) is 7.24. The summed E-state index contributed by atoms with van der Waals surface area (Å²) < 4.78 is 42.1. The highest BCUT2D eigenvalue weighted by Gasteiger charge is 2.11. The lowest BCUT2D eigenvalue weighted by molar-refractivity contribution is -0.0498. The normalized spacial score (nSPS) is 12.4. The van der Waals surface area contributed by atoms with Gasteiger partial charge in [-0.05, 0) is 42.8 Å².